The van der Waals surface area contributed by atoms with Gasteiger partial charge in [0.05, 0.1) is 40.9 Å². The number of hydrogen-bond acceptors (Lipinski definition) is 2. The van der Waals surface area contributed by atoms with Crippen molar-refractivity contribution in [2.75, 3.05) is 0 Å². The second-order valence-corrected chi connectivity index (χ2v) is 20.0. The summed E-state index contributed by atoms with van der Waals surface area (Å²) < 4.78 is 10.4. The Morgan fingerprint density at radius 2 is 0.825 bits per heavy atom. The molecule has 0 bridgehead atoms. The highest BCUT2D eigenvalue weighted by Crippen LogP contribution is 2.43. The van der Waals surface area contributed by atoms with Gasteiger partial charge in [0, 0.05) is 11.4 Å². The standard InChI is InChI=1S/C53H62N2S2/c1-53(2,41-23-15-11-5-3-4-6-12-16-24-41)42-31-35-44(36-32-42)55-46-26-18-20-28-50(46)57-52-48(55)38-37-47-51(52)56-49-27-19-17-25-45(49)54(47)43-33-29-40(30-34-43)39-21-13-9-7-8-10-14-22-39/h17-20,25-39,41H,3-16,21-24H2,1-2H3. The van der Waals surface area contributed by atoms with Crippen molar-refractivity contribution < 1.29 is 0 Å². The Morgan fingerprint density at radius 3 is 1.30 bits per heavy atom. The molecule has 5 aromatic carbocycles. The lowest BCUT2D eigenvalue weighted by atomic mass is 9.69. The van der Waals surface area contributed by atoms with Gasteiger partial charge in [0.2, 0.25) is 0 Å². The fraction of sp³-hybridized carbons (Fsp3) is 0.434. The third-order valence-electron chi connectivity index (χ3n) is 13.9. The molecule has 0 atom stereocenters. The minimum Gasteiger partial charge on any atom is -0.308 e. The first-order valence-corrected chi connectivity index (χ1v) is 24.2. The van der Waals surface area contributed by atoms with Crippen LogP contribution in [0.4, 0.5) is 0 Å². The molecule has 9 rings (SSSR count). The number of para-hydroxylation sites is 2. The van der Waals surface area contributed by atoms with E-state index < -0.39 is 0 Å². The van der Waals surface area contributed by atoms with E-state index in [1.54, 1.807) is 0 Å². The first kappa shape index (κ1) is 38.6. The van der Waals surface area contributed by atoms with E-state index >= 15 is 0 Å². The third kappa shape index (κ3) is 8.11. The van der Waals surface area contributed by atoms with Gasteiger partial charge in [0.1, 0.15) is 0 Å². The normalized spacial score (nSPS) is 17.6. The van der Waals surface area contributed by atoms with Crippen LogP contribution in [0.1, 0.15) is 146 Å². The molecule has 0 amide bonds. The highest BCUT2D eigenvalue weighted by molar-refractivity contribution is 7.32. The topological polar surface area (TPSA) is 9.86 Å². The number of nitrogens with zero attached hydrogens (tertiary/aromatic N) is 2. The van der Waals surface area contributed by atoms with Crippen LogP contribution in [0.2, 0.25) is 0 Å². The monoisotopic (exact) mass is 790 g/mol. The van der Waals surface area contributed by atoms with Crippen LogP contribution in [0.3, 0.4) is 0 Å². The largest absolute Gasteiger partial charge is 0.308 e. The first-order chi connectivity index (χ1) is 28.1. The van der Waals surface area contributed by atoms with Crippen LogP contribution in [0.15, 0.2) is 109 Å². The summed E-state index contributed by atoms with van der Waals surface area (Å²) in [5, 5.41) is 0. The lowest BCUT2D eigenvalue weighted by Crippen LogP contribution is -2.29. The van der Waals surface area contributed by atoms with Crippen molar-refractivity contribution in [3.8, 4) is 11.4 Å². The lowest BCUT2D eigenvalue weighted by Gasteiger charge is -2.36. The molecular formula is C53H62N2S2. The zero-order valence-electron chi connectivity index (χ0n) is 34.5. The Labute approximate surface area is 349 Å². The summed E-state index contributed by atoms with van der Waals surface area (Å²) in [5.41, 5.74) is 10.7. The fourth-order valence-corrected chi connectivity index (χ4v) is 12.9. The average molecular weight is 791 g/mol. The van der Waals surface area contributed by atoms with Gasteiger partial charge in [-0.1, -0.05) is 152 Å². The Morgan fingerprint density at radius 1 is 0.421 bits per heavy atom. The Balaban J connectivity index is 1.13. The molecule has 296 valence electrons. The Bertz CT molecular complexity index is 2450. The summed E-state index contributed by atoms with van der Waals surface area (Å²) >= 11 is 3.88. The summed E-state index contributed by atoms with van der Waals surface area (Å²) in [5.74, 6) is 1.41. The second kappa shape index (κ2) is 17.6. The van der Waals surface area contributed by atoms with E-state index in [1.165, 1.54) is 179 Å². The highest BCUT2D eigenvalue weighted by atomic mass is 32.1. The number of benzene rings is 5. The molecule has 2 saturated carbocycles. The molecule has 0 radical (unpaired) electrons. The second-order valence-electron chi connectivity index (χ2n) is 17.9. The SMILES string of the molecule is CC(C)(c1ccc(-n2c3ccccc3sc3c4sc5ccccc5n(-c5ccc(C6CCCCCCCC6)cc5)c4ccc32)cc1)C1CCCCCCCCCC1. The summed E-state index contributed by atoms with van der Waals surface area (Å²) in [4.78, 5) is 0. The zero-order valence-corrected chi connectivity index (χ0v) is 36.1. The van der Waals surface area contributed by atoms with Crippen LogP contribution in [0.5, 0.6) is 0 Å². The molecule has 2 aliphatic carbocycles. The summed E-state index contributed by atoms with van der Waals surface area (Å²) in [7, 11) is 0. The van der Waals surface area contributed by atoms with Crippen molar-refractivity contribution >= 4 is 63.5 Å². The summed E-state index contributed by atoms with van der Waals surface area (Å²) in [6, 6.07) is 42.2. The molecule has 0 saturated heterocycles. The van der Waals surface area contributed by atoms with Gasteiger partial charge in [-0.15, -0.1) is 22.7 Å². The molecule has 7 aromatic rings. The van der Waals surface area contributed by atoms with Crippen molar-refractivity contribution in [1.82, 2.24) is 9.13 Å². The van der Waals surface area contributed by atoms with Gasteiger partial charge in [-0.2, -0.15) is 0 Å². The van der Waals surface area contributed by atoms with Gasteiger partial charge >= 0.3 is 0 Å². The number of rotatable bonds is 5. The van der Waals surface area contributed by atoms with Crippen molar-refractivity contribution in [1.29, 1.82) is 0 Å². The lowest BCUT2D eigenvalue weighted by molar-refractivity contribution is 0.266. The van der Waals surface area contributed by atoms with Crippen molar-refractivity contribution in [3.63, 3.8) is 0 Å². The molecule has 0 aliphatic heterocycles. The van der Waals surface area contributed by atoms with Gasteiger partial charge < -0.3 is 9.13 Å². The molecule has 57 heavy (non-hydrogen) atoms. The van der Waals surface area contributed by atoms with Crippen LogP contribution < -0.4 is 0 Å². The van der Waals surface area contributed by atoms with Crippen molar-refractivity contribution in [2.45, 2.75) is 141 Å². The molecule has 4 heteroatoms. The van der Waals surface area contributed by atoms with Gasteiger partial charge in [-0.25, -0.2) is 0 Å². The predicted molar refractivity (Wildman–Crippen MR) is 251 cm³/mol. The summed E-state index contributed by atoms with van der Waals surface area (Å²) in [6.07, 6.45) is 24.9. The van der Waals surface area contributed by atoms with E-state index in [4.69, 9.17) is 0 Å². The van der Waals surface area contributed by atoms with Gasteiger partial charge in [0.15, 0.2) is 0 Å². The van der Waals surface area contributed by atoms with E-state index in [0.29, 0.717) is 5.92 Å². The quantitative estimate of drug-likeness (QED) is 0.121. The van der Waals surface area contributed by atoms with Crippen molar-refractivity contribution in [2.24, 2.45) is 5.92 Å². The molecule has 0 unspecified atom stereocenters. The minimum absolute atomic E-state index is 0.152. The maximum atomic E-state index is 2.53. The van der Waals surface area contributed by atoms with E-state index in [1.807, 2.05) is 22.7 Å². The molecule has 2 aromatic heterocycles. The maximum absolute atomic E-state index is 2.53. The maximum Gasteiger partial charge on any atom is 0.0711 e. The van der Waals surface area contributed by atoms with E-state index in [-0.39, 0.29) is 5.41 Å². The minimum atomic E-state index is 0.152. The van der Waals surface area contributed by atoms with Crippen LogP contribution in [-0.4, -0.2) is 9.13 Å². The van der Waals surface area contributed by atoms with Gasteiger partial charge in [0.25, 0.3) is 0 Å². The van der Waals surface area contributed by atoms with Gasteiger partial charge in [-0.05, 0) is 115 Å². The third-order valence-corrected chi connectivity index (χ3v) is 16.4. The molecule has 2 aliphatic rings. The molecule has 0 N–H and O–H groups in total. The average Bonchev–Trinajstić information content (AvgIpc) is 3.34. The molecule has 2 fully saturated rings. The van der Waals surface area contributed by atoms with Crippen LogP contribution >= 0.6 is 22.7 Å². The molecule has 2 nitrogen and oxygen atoms in total. The smallest absolute Gasteiger partial charge is 0.0711 e. The zero-order chi connectivity index (χ0) is 38.6. The van der Waals surface area contributed by atoms with Crippen LogP contribution in [-0.2, 0) is 5.41 Å². The Hall–Kier alpha value is -3.86. The molecule has 2 heterocycles. The van der Waals surface area contributed by atoms with E-state index in [9.17, 15) is 0 Å². The number of fused-ring (bicyclic) bond motifs is 5. The van der Waals surface area contributed by atoms with Crippen molar-refractivity contribution in [3.05, 3.63) is 120 Å². The van der Waals surface area contributed by atoms with E-state index in [0.717, 1.165) is 5.92 Å². The highest BCUT2D eigenvalue weighted by Gasteiger charge is 2.31. The Kier molecular flexibility index (Phi) is 11.9. The van der Waals surface area contributed by atoms with Crippen LogP contribution in [0, 0.1) is 5.92 Å². The molecular weight excluding hydrogens is 729 g/mol. The number of aromatic nitrogens is 2. The van der Waals surface area contributed by atoms with Crippen LogP contribution in [0.25, 0.3) is 52.2 Å². The number of hydrogen-bond donors (Lipinski definition) is 0. The fourth-order valence-electron chi connectivity index (χ4n) is 10.4. The predicted octanol–water partition coefficient (Wildman–Crippen LogP) is 17.2. The first-order valence-electron chi connectivity index (χ1n) is 22.6. The van der Waals surface area contributed by atoms with Gasteiger partial charge in [-0.3, -0.25) is 0 Å². The summed E-state index contributed by atoms with van der Waals surface area (Å²) in [6.45, 7) is 5.04. The van der Waals surface area contributed by atoms with E-state index in [2.05, 4.69) is 132 Å². The molecule has 0 spiro atoms.